The van der Waals surface area contributed by atoms with Crippen LogP contribution in [0.15, 0.2) is 24.4 Å². The summed E-state index contributed by atoms with van der Waals surface area (Å²) < 4.78 is 25.2. The van der Waals surface area contributed by atoms with Crippen molar-refractivity contribution >= 4 is 10.0 Å². The third-order valence-electron chi connectivity index (χ3n) is 2.86. The van der Waals surface area contributed by atoms with Gasteiger partial charge in [-0.2, -0.15) is 4.31 Å². The van der Waals surface area contributed by atoms with Gasteiger partial charge >= 0.3 is 0 Å². The van der Waals surface area contributed by atoms with Gasteiger partial charge in [0.1, 0.15) is 0 Å². The number of β-amino-alcohol motifs (C(OH)–C–C–N with tert-alkyl or cyclic N) is 1. The van der Waals surface area contributed by atoms with E-state index >= 15 is 0 Å². The molecule has 5 nitrogen and oxygen atoms in total. The number of nitrogens with zero attached hydrogens (tertiary/aromatic N) is 2. The Labute approximate surface area is 101 Å². The Hall–Kier alpha value is -0.980. The molecule has 1 saturated heterocycles. The van der Waals surface area contributed by atoms with Gasteiger partial charge in [0.15, 0.2) is 0 Å². The summed E-state index contributed by atoms with van der Waals surface area (Å²) >= 11 is 0. The van der Waals surface area contributed by atoms with E-state index in [4.69, 9.17) is 0 Å². The van der Waals surface area contributed by atoms with Crippen LogP contribution < -0.4 is 0 Å². The Balaban J connectivity index is 1.94. The van der Waals surface area contributed by atoms with Crippen molar-refractivity contribution in [2.45, 2.75) is 18.9 Å². The predicted molar refractivity (Wildman–Crippen MR) is 63.9 cm³/mol. The second kappa shape index (κ2) is 5.12. The van der Waals surface area contributed by atoms with Crippen molar-refractivity contribution in [1.29, 1.82) is 0 Å². The maximum atomic E-state index is 11.9. The van der Waals surface area contributed by atoms with Gasteiger partial charge in [-0.3, -0.25) is 4.98 Å². The van der Waals surface area contributed by atoms with Crippen LogP contribution in [0.3, 0.4) is 0 Å². The average molecular weight is 256 g/mol. The van der Waals surface area contributed by atoms with Crippen LogP contribution in [0.4, 0.5) is 0 Å². The van der Waals surface area contributed by atoms with Crippen molar-refractivity contribution in [2.75, 3.05) is 18.8 Å². The van der Waals surface area contributed by atoms with Crippen LogP contribution in [-0.4, -0.2) is 47.8 Å². The van der Waals surface area contributed by atoms with Gasteiger partial charge in [0.05, 0.1) is 11.9 Å². The fraction of sp³-hybridized carbons (Fsp3) is 0.545. The van der Waals surface area contributed by atoms with E-state index < -0.39 is 16.1 Å². The molecule has 0 bridgehead atoms. The molecule has 6 heteroatoms. The summed E-state index contributed by atoms with van der Waals surface area (Å²) in [5.41, 5.74) is 0.774. The lowest BCUT2D eigenvalue weighted by molar-refractivity contribution is 0.189. The number of aliphatic hydroxyl groups excluding tert-OH is 1. The molecule has 0 amide bonds. The molecule has 1 aromatic rings. The maximum Gasteiger partial charge on any atom is 0.214 e. The summed E-state index contributed by atoms with van der Waals surface area (Å²) in [6.07, 6.45) is 2.08. The van der Waals surface area contributed by atoms with E-state index in [2.05, 4.69) is 4.98 Å². The van der Waals surface area contributed by atoms with Crippen molar-refractivity contribution in [3.8, 4) is 0 Å². The van der Waals surface area contributed by atoms with E-state index in [1.165, 1.54) is 4.31 Å². The number of aryl methyl sites for hydroxylation is 1. The van der Waals surface area contributed by atoms with Gasteiger partial charge < -0.3 is 5.11 Å². The van der Waals surface area contributed by atoms with E-state index in [0.717, 1.165) is 5.69 Å². The predicted octanol–water partition coefficient (Wildman–Crippen LogP) is 0.0205. The van der Waals surface area contributed by atoms with Gasteiger partial charge in [0.2, 0.25) is 10.0 Å². The molecule has 0 radical (unpaired) electrons. The number of hydrogen-bond donors (Lipinski definition) is 1. The topological polar surface area (TPSA) is 70.5 Å². The van der Waals surface area contributed by atoms with Gasteiger partial charge in [-0.05, 0) is 18.6 Å². The first-order valence-corrected chi connectivity index (χ1v) is 7.24. The van der Waals surface area contributed by atoms with Gasteiger partial charge in [-0.1, -0.05) is 6.07 Å². The Bertz CT molecular complexity index is 461. The zero-order valence-corrected chi connectivity index (χ0v) is 10.3. The molecule has 1 N–H and O–H groups in total. The monoisotopic (exact) mass is 256 g/mol. The Kier molecular flexibility index (Phi) is 3.76. The summed E-state index contributed by atoms with van der Waals surface area (Å²) in [7, 11) is -3.26. The number of aliphatic hydroxyl groups is 1. The number of hydrogen-bond acceptors (Lipinski definition) is 4. The second-order valence-corrected chi connectivity index (χ2v) is 6.28. The Morgan fingerprint density at radius 3 is 2.88 bits per heavy atom. The molecule has 1 aliphatic rings. The molecular weight excluding hydrogens is 240 g/mol. The molecule has 1 fully saturated rings. The van der Waals surface area contributed by atoms with Crippen molar-refractivity contribution in [3.63, 3.8) is 0 Å². The summed E-state index contributed by atoms with van der Waals surface area (Å²) in [4.78, 5) is 4.09. The van der Waals surface area contributed by atoms with Gasteiger partial charge in [0.25, 0.3) is 0 Å². The molecule has 0 saturated carbocycles. The quantitative estimate of drug-likeness (QED) is 0.824. The van der Waals surface area contributed by atoms with Crippen LogP contribution in [0.25, 0.3) is 0 Å². The number of sulfonamides is 1. The molecule has 2 heterocycles. The molecule has 2 rings (SSSR count). The molecule has 0 aliphatic carbocycles. The molecule has 1 aromatic heterocycles. The molecule has 0 aromatic carbocycles. The van der Waals surface area contributed by atoms with Crippen molar-refractivity contribution < 1.29 is 13.5 Å². The molecule has 94 valence electrons. The summed E-state index contributed by atoms with van der Waals surface area (Å²) in [6, 6.07) is 5.46. The van der Waals surface area contributed by atoms with Crippen LogP contribution in [0, 0.1) is 0 Å². The highest BCUT2D eigenvalue weighted by molar-refractivity contribution is 7.89. The fourth-order valence-corrected chi connectivity index (χ4v) is 3.38. The van der Waals surface area contributed by atoms with Crippen molar-refractivity contribution in [3.05, 3.63) is 30.1 Å². The minimum Gasteiger partial charge on any atom is -0.392 e. The summed E-state index contributed by atoms with van der Waals surface area (Å²) in [6.45, 7) is 0.649. The lowest BCUT2D eigenvalue weighted by atomic mass is 10.3. The molecular formula is C11H16N2O3S. The lowest BCUT2D eigenvalue weighted by Crippen LogP contribution is -2.32. The SMILES string of the molecule is O=S(=O)(CCc1ccccn1)N1CC[C@@H](O)C1. The van der Waals surface area contributed by atoms with E-state index in [1.54, 1.807) is 12.3 Å². The summed E-state index contributed by atoms with van der Waals surface area (Å²) in [5.74, 6) is 0.0523. The fourth-order valence-electron chi connectivity index (χ4n) is 1.87. The highest BCUT2D eigenvalue weighted by Crippen LogP contribution is 2.14. The molecule has 17 heavy (non-hydrogen) atoms. The largest absolute Gasteiger partial charge is 0.392 e. The first kappa shape index (κ1) is 12.5. The zero-order valence-electron chi connectivity index (χ0n) is 9.49. The smallest absolute Gasteiger partial charge is 0.214 e. The molecule has 0 spiro atoms. The van der Waals surface area contributed by atoms with Gasteiger partial charge in [0, 0.05) is 31.4 Å². The number of rotatable bonds is 4. The highest BCUT2D eigenvalue weighted by atomic mass is 32.2. The summed E-state index contributed by atoms with van der Waals surface area (Å²) in [5, 5.41) is 9.33. The molecule has 1 atom stereocenters. The van der Waals surface area contributed by atoms with E-state index in [0.29, 0.717) is 19.4 Å². The van der Waals surface area contributed by atoms with E-state index in [1.807, 2.05) is 12.1 Å². The Morgan fingerprint density at radius 2 is 2.29 bits per heavy atom. The normalized spacial score (nSPS) is 21.8. The van der Waals surface area contributed by atoms with E-state index in [-0.39, 0.29) is 12.3 Å². The number of pyridine rings is 1. The zero-order chi connectivity index (χ0) is 12.3. The molecule has 0 unspecified atom stereocenters. The minimum absolute atomic E-state index is 0.0523. The second-order valence-electron chi connectivity index (χ2n) is 4.19. The first-order valence-electron chi connectivity index (χ1n) is 5.64. The van der Waals surface area contributed by atoms with Crippen LogP contribution in [0.1, 0.15) is 12.1 Å². The minimum atomic E-state index is -3.26. The van der Waals surface area contributed by atoms with Gasteiger partial charge in [-0.25, -0.2) is 8.42 Å². The standard InChI is InChI=1S/C11H16N2O3S/c14-11-4-7-13(9-11)17(15,16)8-5-10-3-1-2-6-12-10/h1-3,6,11,14H,4-5,7-9H2/t11-/m1/s1. The third-order valence-corrected chi connectivity index (χ3v) is 4.70. The van der Waals surface area contributed by atoms with Crippen LogP contribution in [0.2, 0.25) is 0 Å². The highest BCUT2D eigenvalue weighted by Gasteiger charge is 2.29. The van der Waals surface area contributed by atoms with E-state index in [9.17, 15) is 13.5 Å². The van der Waals surface area contributed by atoms with Crippen molar-refractivity contribution in [2.24, 2.45) is 0 Å². The third kappa shape index (κ3) is 3.24. The van der Waals surface area contributed by atoms with Crippen LogP contribution in [0.5, 0.6) is 0 Å². The van der Waals surface area contributed by atoms with Gasteiger partial charge in [-0.15, -0.1) is 0 Å². The Morgan fingerprint density at radius 1 is 1.47 bits per heavy atom. The maximum absolute atomic E-state index is 11.9. The lowest BCUT2D eigenvalue weighted by Gasteiger charge is -2.15. The number of aromatic nitrogens is 1. The molecule has 1 aliphatic heterocycles. The average Bonchev–Trinajstić information content (AvgIpc) is 2.76. The first-order chi connectivity index (χ1) is 8.08. The van der Waals surface area contributed by atoms with Crippen molar-refractivity contribution in [1.82, 2.24) is 9.29 Å². The van der Waals surface area contributed by atoms with Crippen LogP contribution >= 0.6 is 0 Å². The van der Waals surface area contributed by atoms with Crippen LogP contribution in [-0.2, 0) is 16.4 Å².